The Kier molecular flexibility index (Phi) is 5.90. The zero-order valence-corrected chi connectivity index (χ0v) is 12.0. The van der Waals surface area contributed by atoms with Crippen molar-refractivity contribution in [2.75, 3.05) is 7.05 Å². The van der Waals surface area contributed by atoms with Gasteiger partial charge in [-0.05, 0) is 31.1 Å². The Bertz CT molecular complexity index is 494. The van der Waals surface area contributed by atoms with Gasteiger partial charge in [-0.15, -0.1) is 0 Å². The van der Waals surface area contributed by atoms with Crippen molar-refractivity contribution in [2.45, 2.75) is 32.7 Å². The number of hydrogen-bond donors (Lipinski definition) is 1. The van der Waals surface area contributed by atoms with Crippen molar-refractivity contribution < 1.29 is 14.7 Å². The number of aromatic nitrogens is 1. The Labute approximate surface area is 118 Å². The summed E-state index contributed by atoms with van der Waals surface area (Å²) >= 11 is 0. The molecule has 0 fully saturated rings. The SMILES string of the molecule is CCCC(C)N(C)C(=O)c1ccc(C=CC(=O)O)cn1. The van der Waals surface area contributed by atoms with Crippen LogP contribution in [-0.2, 0) is 4.79 Å². The first-order chi connectivity index (χ1) is 9.45. The maximum Gasteiger partial charge on any atom is 0.328 e. The van der Waals surface area contributed by atoms with Crippen LogP contribution < -0.4 is 0 Å². The van der Waals surface area contributed by atoms with Gasteiger partial charge in [0.25, 0.3) is 5.91 Å². The van der Waals surface area contributed by atoms with Gasteiger partial charge in [0.2, 0.25) is 0 Å². The van der Waals surface area contributed by atoms with Gasteiger partial charge in [-0.25, -0.2) is 4.79 Å². The molecule has 0 radical (unpaired) electrons. The van der Waals surface area contributed by atoms with Crippen LogP contribution in [-0.4, -0.2) is 40.0 Å². The molecule has 0 aliphatic heterocycles. The van der Waals surface area contributed by atoms with Crippen molar-refractivity contribution in [1.29, 1.82) is 0 Å². The van der Waals surface area contributed by atoms with Crippen LogP contribution in [0.25, 0.3) is 6.08 Å². The average Bonchev–Trinajstić information content (AvgIpc) is 2.44. The van der Waals surface area contributed by atoms with E-state index in [9.17, 15) is 9.59 Å². The Morgan fingerprint density at radius 1 is 1.45 bits per heavy atom. The molecular weight excluding hydrogens is 256 g/mol. The molecule has 1 atom stereocenters. The summed E-state index contributed by atoms with van der Waals surface area (Å²) < 4.78 is 0. The van der Waals surface area contributed by atoms with Crippen LogP contribution in [0.2, 0.25) is 0 Å². The van der Waals surface area contributed by atoms with Gasteiger partial charge >= 0.3 is 5.97 Å². The molecule has 0 saturated heterocycles. The van der Waals surface area contributed by atoms with Crippen molar-refractivity contribution in [1.82, 2.24) is 9.88 Å². The van der Waals surface area contributed by atoms with E-state index < -0.39 is 5.97 Å². The Hall–Kier alpha value is -2.17. The second-order valence-electron chi connectivity index (χ2n) is 4.70. The highest BCUT2D eigenvalue weighted by atomic mass is 16.4. The number of pyridine rings is 1. The summed E-state index contributed by atoms with van der Waals surface area (Å²) in [4.78, 5) is 28.4. The number of aliphatic carboxylic acids is 1. The molecule has 108 valence electrons. The predicted molar refractivity (Wildman–Crippen MR) is 77.4 cm³/mol. The third-order valence-corrected chi connectivity index (χ3v) is 3.11. The zero-order valence-electron chi connectivity index (χ0n) is 12.0. The Balaban J connectivity index is 2.77. The lowest BCUT2D eigenvalue weighted by Crippen LogP contribution is -2.35. The first-order valence-electron chi connectivity index (χ1n) is 6.60. The van der Waals surface area contributed by atoms with E-state index in [0.717, 1.165) is 18.9 Å². The molecule has 0 bridgehead atoms. The largest absolute Gasteiger partial charge is 0.478 e. The van der Waals surface area contributed by atoms with Gasteiger partial charge in [-0.3, -0.25) is 9.78 Å². The van der Waals surface area contributed by atoms with Crippen molar-refractivity contribution in [2.24, 2.45) is 0 Å². The quantitative estimate of drug-likeness (QED) is 0.810. The number of hydrogen-bond acceptors (Lipinski definition) is 3. The lowest BCUT2D eigenvalue weighted by Gasteiger charge is -2.24. The number of carboxylic acids is 1. The van der Waals surface area contributed by atoms with Gasteiger partial charge in [0, 0.05) is 25.4 Å². The molecular formula is C15H20N2O3. The zero-order chi connectivity index (χ0) is 15.1. The van der Waals surface area contributed by atoms with Crippen molar-refractivity contribution in [3.63, 3.8) is 0 Å². The lowest BCUT2D eigenvalue weighted by atomic mass is 10.1. The van der Waals surface area contributed by atoms with Crippen LogP contribution in [0.3, 0.4) is 0 Å². The molecule has 0 aliphatic rings. The topological polar surface area (TPSA) is 70.5 Å². The molecule has 1 amide bonds. The number of carboxylic acid groups (broad SMARTS) is 1. The Morgan fingerprint density at radius 3 is 2.65 bits per heavy atom. The molecule has 1 aromatic rings. The molecule has 1 rings (SSSR count). The maximum absolute atomic E-state index is 12.2. The minimum atomic E-state index is -1.02. The van der Waals surface area contributed by atoms with Crippen LogP contribution in [0.5, 0.6) is 0 Å². The monoisotopic (exact) mass is 276 g/mol. The fraction of sp³-hybridized carbons (Fsp3) is 0.400. The number of carbonyl (C=O) groups is 2. The van der Waals surface area contributed by atoms with Crippen LogP contribution >= 0.6 is 0 Å². The summed E-state index contributed by atoms with van der Waals surface area (Å²) in [6, 6.07) is 3.46. The van der Waals surface area contributed by atoms with E-state index in [2.05, 4.69) is 11.9 Å². The number of nitrogens with zero attached hydrogens (tertiary/aromatic N) is 2. The van der Waals surface area contributed by atoms with E-state index in [1.807, 2.05) is 6.92 Å². The summed E-state index contributed by atoms with van der Waals surface area (Å²) in [6.45, 7) is 4.09. The summed E-state index contributed by atoms with van der Waals surface area (Å²) in [6.07, 6.45) is 5.93. The first-order valence-corrected chi connectivity index (χ1v) is 6.60. The van der Waals surface area contributed by atoms with Crippen molar-refractivity contribution in [3.8, 4) is 0 Å². The molecule has 5 heteroatoms. The van der Waals surface area contributed by atoms with Crippen LogP contribution in [0, 0.1) is 0 Å². The minimum Gasteiger partial charge on any atom is -0.478 e. The summed E-state index contributed by atoms with van der Waals surface area (Å²) in [5, 5.41) is 8.53. The maximum atomic E-state index is 12.2. The second kappa shape index (κ2) is 7.43. The van der Waals surface area contributed by atoms with Gasteiger partial charge < -0.3 is 10.0 Å². The highest BCUT2D eigenvalue weighted by molar-refractivity contribution is 5.92. The molecule has 0 spiro atoms. The highest BCUT2D eigenvalue weighted by Crippen LogP contribution is 2.10. The average molecular weight is 276 g/mol. The fourth-order valence-corrected chi connectivity index (χ4v) is 1.79. The minimum absolute atomic E-state index is 0.125. The molecule has 1 heterocycles. The third-order valence-electron chi connectivity index (χ3n) is 3.11. The molecule has 1 aromatic heterocycles. The van der Waals surface area contributed by atoms with E-state index in [1.54, 1.807) is 24.1 Å². The van der Waals surface area contributed by atoms with E-state index in [0.29, 0.717) is 11.3 Å². The number of rotatable bonds is 6. The van der Waals surface area contributed by atoms with Crippen molar-refractivity contribution in [3.05, 3.63) is 35.7 Å². The van der Waals surface area contributed by atoms with Gasteiger partial charge in [0.05, 0.1) is 0 Å². The summed E-state index contributed by atoms with van der Waals surface area (Å²) in [5.74, 6) is -1.14. The second-order valence-corrected chi connectivity index (χ2v) is 4.70. The molecule has 0 saturated carbocycles. The standard InChI is InChI=1S/C15H20N2O3/c1-4-5-11(2)17(3)15(20)13-8-6-12(10-16-13)7-9-14(18)19/h6-11H,4-5H2,1-3H3,(H,18,19). The molecule has 20 heavy (non-hydrogen) atoms. The highest BCUT2D eigenvalue weighted by Gasteiger charge is 2.17. The van der Waals surface area contributed by atoms with Crippen LogP contribution in [0.1, 0.15) is 42.7 Å². The van der Waals surface area contributed by atoms with Gasteiger partial charge in [-0.1, -0.05) is 19.4 Å². The Morgan fingerprint density at radius 2 is 2.15 bits per heavy atom. The fourth-order valence-electron chi connectivity index (χ4n) is 1.79. The van der Waals surface area contributed by atoms with Gasteiger partial charge in [-0.2, -0.15) is 0 Å². The van der Waals surface area contributed by atoms with E-state index in [-0.39, 0.29) is 11.9 Å². The van der Waals surface area contributed by atoms with E-state index in [1.165, 1.54) is 12.3 Å². The molecule has 0 aromatic carbocycles. The smallest absolute Gasteiger partial charge is 0.328 e. The predicted octanol–water partition coefficient (Wildman–Crippen LogP) is 2.44. The summed E-state index contributed by atoms with van der Waals surface area (Å²) in [7, 11) is 1.77. The van der Waals surface area contributed by atoms with Gasteiger partial charge in [0.1, 0.15) is 5.69 Å². The van der Waals surface area contributed by atoms with E-state index in [4.69, 9.17) is 5.11 Å². The van der Waals surface area contributed by atoms with Gasteiger partial charge in [0.15, 0.2) is 0 Å². The normalized spacial score (nSPS) is 12.3. The number of carbonyl (C=O) groups excluding carboxylic acids is 1. The van der Waals surface area contributed by atoms with Crippen molar-refractivity contribution >= 4 is 18.0 Å². The van der Waals surface area contributed by atoms with E-state index >= 15 is 0 Å². The molecule has 0 aliphatic carbocycles. The molecule has 1 unspecified atom stereocenters. The molecule has 1 N–H and O–H groups in total. The first kappa shape index (κ1) is 15.9. The summed E-state index contributed by atoms with van der Waals surface area (Å²) in [5.41, 5.74) is 1.01. The van der Waals surface area contributed by atoms with Crippen LogP contribution in [0.4, 0.5) is 0 Å². The lowest BCUT2D eigenvalue weighted by molar-refractivity contribution is -0.131. The molecule has 5 nitrogen and oxygen atoms in total. The van der Waals surface area contributed by atoms with Crippen LogP contribution in [0.15, 0.2) is 24.4 Å². The number of amides is 1. The third kappa shape index (κ3) is 4.50.